The van der Waals surface area contributed by atoms with Crippen LogP contribution in [0.25, 0.3) is 0 Å². The van der Waals surface area contributed by atoms with Crippen molar-refractivity contribution in [2.45, 2.75) is 32.4 Å². The molecular formula is C14H25N5O2S. The number of hydrogen-bond acceptors (Lipinski definition) is 6. The molecule has 0 spiro atoms. The minimum atomic E-state index is -0.176. The number of carbonyl (C=O) groups excluding carboxylic acids is 1. The fourth-order valence-corrected chi connectivity index (χ4v) is 2.86. The van der Waals surface area contributed by atoms with E-state index in [4.69, 9.17) is 4.74 Å². The molecule has 7 nitrogen and oxygen atoms in total. The van der Waals surface area contributed by atoms with Crippen LogP contribution in [0.15, 0.2) is 0 Å². The Kier molecular flexibility index (Phi) is 6.66. The van der Waals surface area contributed by atoms with Crippen LogP contribution in [0.4, 0.5) is 0 Å². The second-order valence-electron chi connectivity index (χ2n) is 5.45. The van der Waals surface area contributed by atoms with Crippen molar-refractivity contribution in [3.05, 3.63) is 11.6 Å². The van der Waals surface area contributed by atoms with Crippen molar-refractivity contribution in [3.8, 4) is 0 Å². The number of ether oxygens (including phenoxy) is 1. The molecule has 2 atom stereocenters. The van der Waals surface area contributed by atoms with Crippen LogP contribution in [0.3, 0.4) is 0 Å². The van der Waals surface area contributed by atoms with Gasteiger partial charge in [-0.1, -0.05) is 0 Å². The van der Waals surface area contributed by atoms with E-state index < -0.39 is 0 Å². The zero-order valence-corrected chi connectivity index (χ0v) is 14.3. The van der Waals surface area contributed by atoms with Gasteiger partial charge in [-0.2, -0.15) is 16.9 Å². The Morgan fingerprint density at radius 3 is 3.14 bits per heavy atom. The smallest absolute Gasteiger partial charge is 0.237 e. The third-order valence-corrected chi connectivity index (χ3v) is 4.45. The summed E-state index contributed by atoms with van der Waals surface area (Å²) in [5, 5.41) is 9.99. The third-order valence-electron chi connectivity index (χ3n) is 3.75. The Balaban J connectivity index is 1.84. The molecule has 0 saturated carbocycles. The second-order valence-corrected chi connectivity index (χ2v) is 6.43. The number of thioether (sulfide) groups is 1. The van der Waals surface area contributed by atoms with Gasteiger partial charge in [-0.15, -0.1) is 0 Å². The molecule has 0 aliphatic carbocycles. The van der Waals surface area contributed by atoms with Gasteiger partial charge in [0.2, 0.25) is 5.91 Å². The largest absolute Gasteiger partial charge is 0.367 e. The highest BCUT2D eigenvalue weighted by Crippen LogP contribution is 2.20. The van der Waals surface area contributed by atoms with Crippen LogP contribution >= 0.6 is 11.8 Å². The topological polar surface area (TPSA) is 83.1 Å². The van der Waals surface area contributed by atoms with Gasteiger partial charge in [-0.3, -0.25) is 14.8 Å². The van der Waals surface area contributed by atoms with Gasteiger partial charge in [0.05, 0.1) is 12.6 Å². The van der Waals surface area contributed by atoms with E-state index in [0.29, 0.717) is 19.0 Å². The van der Waals surface area contributed by atoms with Gasteiger partial charge in [0.25, 0.3) is 0 Å². The number of H-pyrrole nitrogens is 1. The van der Waals surface area contributed by atoms with Gasteiger partial charge in [0.1, 0.15) is 11.9 Å². The van der Waals surface area contributed by atoms with Gasteiger partial charge in [0.15, 0.2) is 5.82 Å². The average Bonchev–Trinajstić information content (AvgIpc) is 2.97. The first kappa shape index (κ1) is 17.2. The monoisotopic (exact) mass is 327 g/mol. The summed E-state index contributed by atoms with van der Waals surface area (Å²) in [6, 6.07) is -0.166. The summed E-state index contributed by atoms with van der Waals surface area (Å²) in [6.07, 6.45) is 2.90. The van der Waals surface area contributed by atoms with Gasteiger partial charge in [-0.05, 0) is 32.3 Å². The van der Waals surface area contributed by atoms with Crippen molar-refractivity contribution >= 4 is 17.7 Å². The predicted molar refractivity (Wildman–Crippen MR) is 86.9 cm³/mol. The van der Waals surface area contributed by atoms with Gasteiger partial charge < -0.3 is 10.1 Å². The van der Waals surface area contributed by atoms with Crippen molar-refractivity contribution in [3.63, 3.8) is 0 Å². The lowest BCUT2D eigenvalue weighted by Crippen LogP contribution is -2.50. The summed E-state index contributed by atoms with van der Waals surface area (Å²) in [7, 11) is 0. The normalized spacial score (nSPS) is 20.8. The molecule has 0 aromatic carbocycles. The maximum absolute atomic E-state index is 12.2. The maximum Gasteiger partial charge on any atom is 0.237 e. The molecule has 2 heterocycles. The van der Waals surface area contributed by atoms with Crippen molar-refractivity contribution in [1.82, 2.24) is 25.4 Å². The van der Waals surface area contributed by atoms with Crippen LogP contribution in [-0.4, -0.2) is 70.3 Å². The van der Waals surface area contributed by atoms with Crippen LogP contribution in [0.1, 0.15) is 31.1 Å². The predicted octanol–water partition coefficient (Wildman–Crippen LogP) is 0.744. The molecule has 2 rings (SSSR count). The molecule has 1 amide bonds. The second kappa shape index (κ2) is 8.50. The number of amides is 1. The minimum absolute atomic E-state index is 0.0768. The summed E-state index contributed by atoms with van der Waals surface area (Å²) in [6.45, 7) is 6.51. The molecule has 1 fully saturated rings. The molecule has 0 radical (unpaired) electrons. The molecule has 0 unspecified atom stereocenters. The molecule has 1 aromatic rings. The summed E-state index contributed by atoms with van der Waals surface area (Å²) in [5.41, 5.74) is 0. The van der Waals surface area contributed by atoms with E-state index in [1.54, 1.807) is 11.8 Å². The number of aromatic nitrogens is 3. The van der Waals surface area contributed by atoms with E-state index in [0.717, 1.165) is 31.1 Å². The van der Waals surface area contributed by atoms with E-state index in [-0.39, 0.29) is 18.1 Å². The first-order chi connectivity index (χ1) is 10.6. The molecule has 8 heteroatoms. The van der Waals surface area contributed by atoms with E-state index in [1.165, 1.54) is 0 Å². The number of carbonyl (C=O) groups is 1. The van der Waals surface area contributed by atoms with Gasteiger partial charge >= 0.3 is 0 Å². The molecule has 1 saturated heterocycles. The zero-order chi connectivity index (χ0) is 15.9. The number of aromatic amines is 1. The van der Waals surface area contributed by atoms with Crippen LogP contribution in [0, 0.1) is 6.92 Å². The lowest BCUT2D eigenvalue weighted by molar-refractivity contribution is -0.129. The van der Waals surface area contributed by atoms with Crippen LogP contribution in [0.5, 0.6) is 0 Å². The Labute approximate surface area is 135 Å². The van der Waals surface area contributed by atoms with E-state index in [1.807, 2.05) is 13.8 Å². The van der Waals surface area contributed by atoms with Crippen LogP contribution < -0.4 is 5.32 Å². The number of nitrogens with one attached hydrogen (secondary N) is 2. The Hall–Kier alpha value is -1.12. The molecule has 1 aliphatic rings. The summed E-state index contributed by atoms with van der Waals surface area (Å²) in [4.78, 5) is 18.7. The number of nitrogens with zero attached hydrogens (tertiary/aromatic N) is 3. The van der Waals surface area contributed by atoms with Crippen molar-refractivity contribution in [1.29, 1.82) is 0 Å². The van der Waals surface area contributed by atoms with Crippen molar-refractivity contribution in [2.75, 3.05) is 38.2 Å². The number of hydrogen-bond donors (Lipinski definition) is 2. The molecule has 0 bridgehead atoms. The van der Waals surface area contributed by atoms with Crippen molar-refractivity contribution in [2.24, 2.45) is 0 Å². The van der Waals surface area contributed by atoms with E-state index in [2.05, 4.69) is 31.7 Å². The quantitative estimate of drug-likeness (QED) is 0.719. The van der Waals surface area contributed by atoms with E-state index in [9.17, 15) is 4.79 Å². The number of rotatable bonds is 7. The maximum atomic E-state index is 12.2. The summed E-state index contributed by atoms with van der Waals surface area (Å²) in [5.74, 6) is 2.58. The highest BCUT2D eigenvalue weighted by atomic mass is 32.2. The van der Waals surface area contributed by atoms with Gasteiger partial charge in [-0.25, -0.2) is 4.98 Å². The highest BCUT2D eigenvalue weighted by molar-refractivity contribution is 7.98. The molecular weight excluding hydrogens is 302 g/mol. The molecule has 22 heavy (non-hydrogen) atoms. The zero-order valence-electron chi connectivity index (χ0n) is 13.5. The fourth-order valence-electron chi connectivity index (χ4n) is 2.42. The molecule has 2 N–H and O–H groups in total. The van der Waals surface area contributed by atoms with E-state index >= 15 is 0 Å². The Bertz CT molecular complexity index is 482. The summed E-state index contributed by atoms with van der Waals surface area (Å²) < 4.78 is 5.73. The lowest BCUT2D eigenvalue weighted by atomic mass is 10.2. The third kappa shape index (κ3) is 4.69. The fraction of sp³-hybridized carbons (Fsp3) is 0.786. The number of morpholine rings is 1. The SMILES string of the molecule is CSCCCNC(=O)[C@@H](C)N1CCO[C@@H](c2n[nH]c(C)n2)C1. The lowest BCUT2D eigenvalue weighted by Gasteiger charge is -2.35. The first-order valence-electron chi connectivity index (χ1n) is 7.63. The minimum Gasteiger partial charge on any atom is -0.367 e. The highest BCUT2D eigenvalue weighted by Gasteiger charge is 2.30. The summed E-state index contributed by atoms with van der Waals surface area (Å²) >= 11 is 1.79. The average molecular weight is 327 g/mol. The standard InChI is InChI=1S/C14H25N5O2S/c1-10(14(20)15-5-4-8-22-3)19-6-7-21-12(9-19)13-16-11(2)17-18-13/h10,12H,4-9H2,1-3H3,(H,15,20)(H,16,17,18)/t10-,12-/m1/s1. The van der Waals surface area contributed by atoms with Crippen molar-refractivity contribution < 1.29 is 9.53 Å². The Morgan fingerprint density at radius 1 is 1.64 bits per heavy atom. The Morgan fingerprint density at radius 2 is 2.45 bits per heavy atom. The first-order valence-corrected chi connectivity index (χ1v) is 9.02. The van der Waals surface area contributed by atoms with Crippen LogP contribution in [-0.2, 0) is 9.53 Å². The number of aryl methyl sites for hydroxylation is 1. The molecule has 1 aromatic heterocycles. The molecule has 1 aliphatic heterocycles. The molecule has 124 valence electrons. The van der Waals surface area contributed by atoms with Crippen LogP contribution in [0.2, 0.25) is 0 Å². The van der Waals surface area contributed by atoms with Gasteiger partial charge in [0, 0.05) is 19.6 Å².